The Balaban J connectivity index is 2.25. The van der Waals surface area contributed by atoms with E-state index < -0.39 is 0 Å². The maximum absolute atomic E-state index is 6.07. The monoisotopic (exact) mass is 268 g/mol. The number of hydrogen-bond acceptors (Lipinski definition) is 2. The molecule has 0 spiro atoms. The predicted octanol–water partition coefficient (Wildman–Crippen LogP) is 4.56. The summed E-state index contributed by atoms with van der Waals surface area (Å²) in [5.74, 6) is 0. The first-order chi connectivity index (χ1) is 9.65. The minimum atomic E-state index is 0.138. The molecule has 106 valence electrons. The fraction of sp³-hybridized carbons (Fsp3) is 0.333. The molecule has 0 fully saturated rings. The van der Waals surface area contributed by atoms with Crippen molar-refractivity contribution in [1.82, 2.24) is 0 Å². The van der Waals surface area contributed by atoms with Crippen molar-refractivity contribution in [3.63, 3.8) is 0 Å². The van der Waals surface area contributed by atoms with Gasteiger partial charge in [0.05, 0.1) is 0 Å². The Morgan fingerprint density at radius 2 is 1.40 bits per heavy atom. The maximum Gasteiger partial charge on any atom is 0.0410 e. The second kappa shape index (κ2) is 6.58. The first kappa shape index (κ1) is 14.6. The summed E-state index contributed by atoms with van der Waals surface area (Å²) in [6.45, 7) is 7.35. The molecule has 0 aliphatic rings. The zero-order chi connectivity index (χ0) is 14.5. The highest BCUT2D eigenvalue weighted by Crippen LogP contribution is 2.26. The Bertz CT molecular complexity index is 528. The Kier molecular flexibility index (Phi) is 4.80. The summed E-state index contributed by atoms with van der Waals surface area (Å²) in [6.07, 6.45) is 0.967. The van der Waals surface area contributed by atoms with E-state index in [1.807, 2.05) is 0 Å². The molecule has 0 aliphatic carbocycles. The van der Waals surface area contributed by atoms with E-state index in [1.165, 1.54) is 22.5 Å². The Hall–Kier alpha value is -1.80. The molecule has 2 heteroatoms. The zero-order valence-electron chi connectivity index (χ0n) is 12.6. The normalized spacial score (nSPS) is 12.2. The molecule has 0 aliphatic heterocycles. The van der Waals surface area contributed by atoms with Crippen LogP contribution < -0.4 is 10.6 Å². The van der Waals surface area contributed by atoms with Crippen LogP contribution in [0, 0.1) is 6.92 Å². The van der Waals surface area contributed by atoms with Gasteiger partial charge in [-0.25, -0.2) is 0 Å². The van der Waals surface area contributed by atoms with Crippen molar-refractivity contribution in [2.45, 2.75) is 33.2 Å². The van der Waals surface area contributed by atoms with Crippen LogP contribution in [-0.2, 0) is 0 Å². The number of aryl methyl sites for hydroxylation is 1. The lowest BCUT2D eigenvalue weighted by Gasteiger charge is -2.24. The lowest BCUT2D eigenvalue weighted by atomic mass is 10.0. The zero-order valence-corrected chi connectivity index (χ0v) is 12.6. The summed E-state index contributed by atoms with van der Waals surface area (Å²) in [5, 5.41) is 0. The van der Waals surface area contributed by atoms with Gasteiger partial charge in [-0.2, -0.15) is 0 Å². The quantitative estimate of drug-likeness (QED) is 0.861. The van der Waals surface area contributed by atoms with Crippen molar-refractivity contribution in [3.8, 4) is 0 Å². The van der Waals surface area contributed by atoms with Gasteiger partial charge < -0.3 is 10.6 Å². The van der Waals surface area contributed by atoms with Crippen molar-refractivity contribution in [2.24, 2.45) is 5.73 Å². The first-order valence-corrected chi connectivity index (χ1v) is 7.35. The van der Waals surface area contributed by atoms with Crippen molar-refractivity contribution in [2.75, 3.05) is 11.4 Å². The molecule has 0 saturated heterocycles. The third-order valence-corrected chi connectivity index (χ3v) is 3.73. The van der Waals surface area contributed by atoms with Crippen LogP contribution in [-0.4, -0.2) is 6.54 Å². The van der Waals surface area contributed by atoms with Crippen molar-refractivity contribution in [3.05, 3.63) is 59.7 Å². The average Bonchev–Trinajstić information content (AvgIpc) is 2.50. The molecule has 0 heterocycles. The van der Waals surface area contributed by atoms with Gasteiger partial charge in [0.1, 0.15) is 0 Å². The van der Waals surface area contributed by atoms with E-state index in [-0.39, 0.29) is 6.04 Å². The van der Waals surface area contributed by atoms with E-state index in [4.69, 9.17) is 5.73 Å². The smallest absolute Gasteiger partial charge is 0.0410 e. The molecular weight excluding hydrogens is 244 g/mol. The summed E-state index contributed by atoms with van der Waals surface area (Å²) >= 11 is 0. The van der Waals surface area contributed by atoms with Crippen LogP contribution in [0.25, 0.3) is 0 Å². The van der Waals surface area contributed by atoms with Gasteiger partial charge in [0.25, 0.3) is 0 Å². The van der Waals surface area contributed by atoms with Gasteiger partial charge in [-0.05, 0) is 50.1 Å². The van der Waals surface area contributed by atoms with Gasteiger partial charge in [-0.3, -0.25) is 0 Å². The van der Waals surface area contributed by atoms with E-state index in [9.17, 15) is 0 Å². The molecule has 0 amide bonds. The second-order valence-electron chi connectivity index (χ2n) is 5.19. The Morgan fingerprint density at radius 1 is 0.900 bits per heavy atom. The molecule has 0 radical (unpaired) electrons. The van der Waals surface area contributed by atoms with E-state index in [2.05, 4.69) is 74.2 Å². The van der Waals surface area contributed by atoms with Crippen LogP contribution in [0.5, 0.6) is 0 Å². The van der Waals surface area contributed by atoms with Crippen LogP contribution >= 0.6 is 0 Å². The topological polar surface area (TPSA) is 29.3 Å². The molecule has 0 bridgehead atoms. The van der Waals surface area contributed by atoms with Crippen LogP contribution in [0.2, 0.25) is 0 Å². The number of nitrogens with zero attached hydrogens (tertiary/aromatic N) is 1. The van der Waals surface area contributed by atoms with E-state index in [0.717, 1.165) is 13.0 Å². The van der Waals surface area contributed by atoms with Gasteiger partial charge in [0.2, 0.25) is 0 Å². The van der Waals surface area contributed by atoms with Gasteiger partial charge in [-0.15, -0.1) is 0 Å². The molecule has 2 aromatic carbocycles. The molecule has 0 aromatic heterocycles. The van der Waals surface area contributed by atoms with Crippen molar-refractivity contribution in [1.29, 1.82) is 0 Å². The predicted molar refractivity (Wildman–Crippen MR) is 87.5 cm³/mol. The van der Waals surface area contributed by atoms with Crippen molar-refractivity contribution < 1.29 is 0 Å². The molecule has 20 heavy (non-hydrogen) atoms. The second-order valence-corrected chi connectivity index (χ2v) is 5.19. The third kappa shape index (κ3) is 3.20. The van der Waals surface area contributed by atoms with Crippen molar-refractivity contribution >= 4 is 11.4 Å². The summed E-state index contributed by atoms with van der Waals surface area (Å²) < 4.78 is 0. The molecule has 0 saturated carbocycles. The Morgan fingerprint density at radius 3 is 1.85 bits per heavy atom. The van der Waals surface area contributed by atoms with Gasteiger partial charge in [0.15, 0.2) is 0 Å². The highest BCUT2D eigenvalue weighted by Gasteiger charge is 2.08. The van der Waals surface area contributed by atoms with Crippen LogP contribution in [0.3, 0.4) is 0 Å². The molecule has 1 atom stereocenters. The van der Waals surface area contributed by atoms with E-state index >= 15 is 0 Å². The highest BCUT2D eigenvalue weighted by atomic mass is 15.1. The number of anilines is 2. The summed E-state index contributed by atoms with van der Waals surface area (Å²) in [5.41, 5.74) is 11.0. The summed E-state index contributed by atoms with van der Waals surface area (Å²) in [4.78, 5) is 2.31. The van der Waals surface area contributed by atoms with Crippen LogP contribution in [0.4, 0.5) is 11.4 Å². The SMILES string of the molecule is CCC(N)c1ccc(N(CC)c2ccc(C)cc2)cc1. The van der Waals surface area contributed by atoms with Crippen LogP contribution in [0.1, 0.15) is 37.4 Å². The van der Waals surface area contributed by atoms with Gasteiger partial charge >= 0.3 is 0 Å². The van der Waals surface area contributed by atoms with Gasteiger partial charge in [-0.1, -0.05) is 36.8 Å². The molecule has 2 N–H and O–H groups in total. The fourth-order valence-corrected chi connectivity index (χ4v) is 2.38. The lowest BCUT2D eigenvalue weighted by molar-refractivity contribution is 0.698. The summed E-state index contributed by atoms with van der Waals surface area (Å²) in [6, 6.07) is 17.4. The Labute approximate surface area is 122 Å². The fourth-order valence-electron chi connectivity index (χ4n) is 2.38. The number of rotatable bonds is 5. The molecular formula is C18H24N2. The third-order valence-electron chi connectivity index (χ3n) is 3.73. The summed E-state index contributed by atoms with van der Waals surface area (Å²) in [7, 11) is 0. The largest absolute Gasteiger partial charge is 0.342 e. The van der Waals surface area contributed by atoms with Crippen LogP contribution in [0.15, 0.2) is 48.5 Å². The molecule has 2 nitrogen and oxygen atoms in total. The number of benzene rings is 2. The minimum absolute atomic E-state index is 0.138. The number of hydrogen-bond donors (Lipinski definition) is 1. The van der Waals surface area contributed by atoms with E-state index in [0.29, 0.717) is 0 Å². The van der Waals surface area contributed by atoms with Gasteiger partial charge in [0, 0.05) is 24.0 Å². The molecule has 1 unspecified atom stereocenters. The first-order valence-electron chi connectivity index (χ1n) is 7.35. The average molecular weight is 268 g/mol. The lowest BCUT2D eigenvalue weighted by Crippen LogP contribution is -2.16. The minimum Gasteiger partial charge on any atom is -0.342 e. The maximum atomic E-state index is 6.07. The van der Waals surface area contributed by atoms with E-state index in [1.54, 1.807) is 0 Å². The number of nitrogens with two attached hydrogens (primary N) is 1. The molecule has 2 aromatic rings. The standard InChI is InChI=1S/C18H24N2/c1-4-18(19)15-8-12-17(13-9-15)20(5-2)16-10-6-14(3)7-11-16/h6-13,18H,4-5,19H2,1-3H3. The molecule has 2 rings (SSSR count). The highest BCUT2D eigenvalue weighted by molar-refractivity contribution is 5.63.